The first-order valence-electron chi connectivity index (χ1n) is 11.4. The summed E-state index contributed by atoms with van der Waals surface area (Å²) in [7, 11) is -6.00. The number of fused-ring (bicyclic) bond motifs is 1. The Labute approximate surface area is 241 Å². The minimum Gasteiger partial charge on any atom is -0.418 e. The van der Waals surface area contributed by atoms with Gasteiger partial charge in [0.25, 0.3) is 0 Å². The van der Waals surface area contributed by atoms with E-state index in [1.54, 1.807) is 0 Å². The fourth-order valence-corrected chi connectivity index (χ4v) is 3.39. The average molecular weight is 603 g/mol. The molecule has 0 bridgehead atoms. The predicted octanol–water partition coefficient (Wildman–Crippen LogP) is 6.96. The molecule has 6 aromatic rings. The van der Waals surface area contributed by atoms with Crippen LogP contribution in [-0.4, -0.2) is 17.1 Å². The molecule has 3 nitrogen and oxygen atoms in total. The van der Waals surface area contributed by atoms with Crippen LogP contribution in [0.1, 0.15) is 11.1 Å². The van der Waals surface area contributed by atoms with Crippen LogP contribution < -0.4 is 4.68 Å². The maximum absolute atomic E-state index is 9.75. The first kappa shape index (κ1) is 32.9. The average Bonchev–Trinajstić information content (AvgIpc) is 3.69. The Bertz CT molecular complexity index is 1190. The van der Waals surface area contributed by atoms with Gasteiger partial charge in [0, 0.05) is 0 Å². The molecule has 0 unspecified atom stereocenters. The Balaban J connectivity index is 0.000000349. The van der Waals surface area contributed by atoms with E-state index in [0.717, 1.165) is 13.1 Å². The number of benzene rings is 1. The Hall–Kier alpha value is -3.16. The van der Waals surface area contributed by atoms with Gasteiger partial charge in [0.05, 0.1) is 18.3 Å². The summed E-state index contributed by atoms with van der Waals surface area (Å²) in [5, 5.41) is 4.77. The quantitative estimate of drug-likeness (QED) is 0.0925. The maximum Gasteiger partial charge on any atom is 2.00 e. The predicted molar refractivity (Wildman–Crippen MR) is 136 cm³/mol. The summed E-state index contributed by atoms with van der Waals surface area (Å²) in [5.41, 5.74) is 4.91. The first-order chi connectivity index (χ1) is 17.4. The SMILES string of the molecule is F[B-](F)(F)F.[Fe+2].[Fe+2].c1cc[cH-]c1.c1cc[cH-]c1.c1ccc2c(c1)n(C[c-]1cccc1)n[n+]2Cc1cc[cH-]c1. The molecule has 0 saturated heterocycles. The Kier molecular flexibility index (Phi) is 15.0. The molecular formula is C28H26BF4Fe2N3. The second-order valence-corrected chi connectivity index (χ2v) is 7.70. The van der Waals surface area contributed by atoms with Gasteiger partial charge in [0.1, 0.15) is 0 Å². The third-order valence-corrected chi connectivity index (χ3v) is 4.89. The van der Waals surface area contributed by atoms with Crippen LogP contribution in [0.4, 0.5) is 17.3 Å². The zero-order valence-electron chi connectivity index (χ0n) is 20.3. The molecule has 0 saturated carbocycles. The monoisotopic (exact) mass is 603 g/mol. The van der Waals surface area contributed by atoms with Crippen molar-refractivity contribution in [2.45, 2.75) is 13.1 Å². The summed E-state index contributed by atoms with van der Waals surface area (Å²) >= 11 is 0. The van der Waals surface area contributed by atoms with Crippen LogP contribution in [0.25, 0.3) is 11.0 Å². The van der Waals surface area contributed by atoms with E-state index in [1.807, 2.05) is 60.7 Å². The van der Waals surface area contributed by atoms with Crippen molar-refractivity contribution in [3.05, 3.63) is 145 Å². The number of aromatic nitrogens is 3. The Morgan fingerprint density at radius 2 is 1.29 bits per heavy atom. The molecule has 1 aromatic heterocycles. The van der Waals surface area contributed by atoms with Crippen LogP contribution in [0.2, 0.25) is 0 Å². The second kappa shape index (κ2) is 17.4. The molecule has 200 valence electrons. The summed E-state index contributed by atoms with van der Waals surface area (Å²) in [5.74, 6) is 0. The minimum atomic E-state index is -6.00. The molecular weight excluding hydrogens is 577 g/mol. The van der Waals surface area contributed by atoms with Crippen molar-refractivity contribution in [2.24, 2.45) is 0 Å². The van der Waals surface area contributed by atoms with Gasteiger partial charge >= 0.3 is 41.4 Å². The van der Waals surface area contributed by atoms with E-state index in [4.69, 9.17) is 5.21 Å². The van der Waals surface area contributed by atoms with Gasteiger partial charge in [-0.1, -0.05) is 12.1 Å². The molecule has 0 radical (unpaired) electrons. The molecule has 0 aliphatic heterocycles. The molecule has 0 amide bonds. The topological polar surface area (TPSA) is 21.7 Å². The number of halogens is 4. The smallest absolute Gasteiger partial charge is 0.418 e. The molecule has 0 aliphatic carbocycles. The van der Waals surface area contributed by atoms with Gasteiger partial charge in [-0.3, -0.25) is 0 Å². The molecule has 38 heavy (non-hydrogen) atoms. The van der Waals surface area contributed by atoms with E-state index >= 15 is 0 Å². The molecule has 0 aliphatic rings. The fraction of sp³-hybridized carbons (Fsp3) is 0.0714. The van der Waals surface area contributed by atoms with Crippen molar-refractivity contribution in [1.29, 1.82) is 0 Å². The largest absolute Gasteiger partial charge is 2.00 e. The van der Waals surface area contributed by atoms with Gasteiger partial charge in [-0.05, 0) is 12.1 Å². The van der Waals surface area contributed by atoms with Crippen LogP contribution in [0.3, 0.4) is 0 Å². The van der Waals surface area contributed by atoms with Crippen LogP contribution in [-0.2, 0) is 47.2 Å². The third-order valence-electron chi connectivity index (χ3n) is 4.89. The molecule has 1 heterocycles. The molecule has 0 spiro atoms. The molecule has 0 atom stereocenters. The Morgan fingerprint density at radius 3 is 1.76 bits per heavy atom. The van der Waals surface area contributed by atoms with Crippen LogP contribution in [0.15, 0.2) is 133 Å². The van der Waals surface area contributed by atoms with Crippen LogP contribution >= 0.6 is 0 Å². The minimum absolute atomic E-state index is 0. The summed E-state index contributed by atoms with van der Waals surface area (Å²) in [6, 6.07) is 45.2. The van der Waals surface area contributed by atoms with Crippen molar-refractivity contribution in [3.8, 4) is 0 Å². The van der Waals surface area contributed by atoms with Gasteiger partial charge < -0.3 is 17.3 Å². The van der Waals surface area contributed by atoms with Crippen molar-refractivity contribution >= 4 is 18.3 Å². The summed E-state index contributed by atoms with van der Waals surface area (Å²) < 4.78 is 43.2. The summed E-state index contributed by atoms with van der Waals surface area (Å²) in [4.78, 5) is 0. The van der Waals surface area contributed by atoms with E-state index in [9.17, 15) is 17.3 Å². The number of para-hydroxylation sites is 2. The standard InChI is InChI=1S/C18H16N3.2C5H5.BF4.2Fe/c1-2-8-15(7-1)13-20-17-11-5-6-12-18(17)21(19-20)14-16-9-3-4-10-16;2*1-2-4-5-3-1;2-1(3,4)5;;/h1-12H,13-14H2;2*1-5H;;;/q4*-1;2*+2. The van der Waals surface area contributed by atoms with Crippen LogP contribution in [0, 0.1) is 0 Å². The number of hydrogen-bond acceptors (Lipinski definition) is 1. The molecule has 0 fully saturated rings. The van der Waals surface area contributed by atoms with Gasteiger partial charge in [-0.15, -0.1) is 14.9 Å². The van der Waals surface area contributed by atoms with E-state index in [0.29, 0.717) is 0 Å². The van der Waals surface area contributed by atoms with Crippen LogP contribution in [0.5, 0.6) is 0 Å². The third kappa shape index (κ3) is 12.4. The second-order valence-electron chi connectivity index (χ2n) is 7.70. The first-order valence-corrected chi connectivity index (χ1v) is 11.4. The number of nitrogens with zero attached hydrogens (tertiary/aromatic N) is 3. The van der Waals surface area contributed by atoms with E-state index in [2.05, 4.69) is 82.2 Å². The number of hydrogen-bond donors (Lipinski definition) is 0. The van der Waals surface area contributed by atoms with Crippen molar-refractivity contribution in [1.82, 2.24) is 9.90 Å². The van der Waals surface area contributed by atoms with E-state index in [-0.39, 0.29) is 34.1 Å². The van der Waals surface area contributed by atoms with Crippen molar-refractivity contribution in [3.63, 3.8) is 0 Å². The number of rotatable bonds is 4. The zero-order chi connectivity index (χ0) is 25.6. The van der Waals surface area contributed by atoms with Crippen molar-refractivity contribution < 1.29 is 56.1 Å². The molecule has 10 heteroatoms. The summed E-state index contributed by atoms with van der Waals surface area (Å²) in [6.45, 7) is 1.61. The van der Waals surface area contributed by atoms with Gasteiger partial charge in [-0.2, -0.15) is 72.3 Å². The maximum atomic E-state index is 9.75. The van der Waals surface area contributed by atoms with E-state index < -0.39 is 7.25 Å². The van der Waals surface area contributed by atoms with Gasteiger partial charge in [0.2, 0.25) is 0 Å². The Morgan fingerprint density at radius 1 is 0.737 bits per heavy atom. The van der Waals surface area contributed by atoms with Gasteiger partial charge in [0.15, 0.2) is 11.0 Å². The van der Waals surface area contributed by atoms with Crippen molar-refractivity contribution in [2.75, 3.05) is 0 Å². The van der Waals surface area contributed by atoms with E-state index in [1.165, 1.54) is 22.2 Å². The van der Waals surface area contributed by atoms with Gasteiger partial charge in [-0.25, -0.2) is 42.5 Å². The fourth-order valence-electron chi connectivity index (χ4n) is 3.39. The summed E-state index contributed by atoms with van der Waals surface area (Å²) in [6.07, 6.45) is 0. The molecule has 0 N–H and O–H groups in total. The molecule has 5 aromatic carbocycles. The molecule has 6 rings (SSSR count). The normalized spacial score (nSPS) is 9.89. The zero-order valence-corrected chi connectivity index (χ0v) is 22.5.